The third kappa shape index (κ3) is 7.52. The van der Waals surface area contributed by atoms with Gasteiger partial charge in [-0.25, -0.2) is 4.79 Å². The van der Waals surface area contributed by atoms with E-state index in [0.717, 1.165) is 35.2 Å². The number of aryl methyl sites for hydroxylation is 1. The monoisotopic (exact) mass is 544 g/mol. The van der Waals surface area contributed by atoms with Crippen LogP contribution in [0.15, 0.2) is 72.8 Å². The van der Waals surface area contributed by atoms with Gasteiger partial charge >= 0.3 is 5.97 Å². The van der Waals surface area contributed by atoms with Crippen LogP contribution in [-0.4, -0.2) is 51.5 Å². The number of aliphatic carboxylic acids is 1. The molecule has 0 aliphatic heterocycles. The first-order chi connectivity index (χ1) is 18.7. The summed E-state index contributed by atoms with van der Waals surface area (Å²) in [4.78, 5) is 27.9. The lowest BCUT2D eigenvalue weighted by Gasteiger charge is -2.39. The van der Waals surface area contributed by atoms with Crippen LogP contribution in [0.2, 0.25) is 0 Å². The Kier molecular flexibility index (Phi) is 9.52. The molecule has 3 aromatic rings. The Morgan fingerprint density at radius 2 is 1.69 bits per heavy atom. The van der Waals surface area contributed by atoms with Crippen LogP contribution in [0.3, 0.4) is 0 Å². The molecule has 0 aromatic heterocycles. The first-order valence-corrected chi connectivity index (χ1v) is 15.1. The number of benzene rings is 3. The van der Waals surface area contributed by atoms with Gasteiger partial charge in [0.05, 0.1) is 0 Å². The van der Waals surface area contributed by atoms with E-state index in [-0.39, 0.29) is 11.4 Å². The molecule has 1 atom stereocenters. The minimum atomic E-state index is -1.01. The van der Waals surface area contributed by atoms with Gasteiger partial charge in [0.1, 0.15) is 6.04 Å². The number of carbonyl (C=O) groups excluding carboxylic acids is 1. The molecular formula is C33H40N2O3S. The van der Waals surface area contributed by atoms with Crippen LogP contribution in [0, 0.1) is 6.92 Å². The van der Waals surface area contributed by atoms with E-state index >= 15 is 0 Å². The number of carboxylic acid groups (broad SMARTS) is 1. The molecule has 1 amide bonds. The highest BCUT2D eigenvalue weighted by Gasteiger charge is 2.38. The topological polar surface area (TPSA) is 69.6 Å². The molecule has 6 heteroatoms. The Hall–Kier alpha value is -3.09. The molecule has 5 nitrogen and oxygen atoms in total. The fourth-order valence-corrected chi connectivity index (χ4v) is 5.80. The Balaban J connectivity index is 1.65. The molecule has 0 heterocycles. The van der Waals surface area contributed by atoms with Crippen LogP contribution in [0.5, 0.6) is 0 Å². The van der Waals surface area contributed by atoms with Gasteiger partial charge in [0.25, 0.3) is 5.91 Å². The standard InChI is InChI=1S/C33H40N2O3S/c1-23-10-8-9-13-27(23)29-20-25(14-17-28(29)31(36)34-30(32(37)38)18-19-39-4)22-35(26-15-16-26)33(2,3)21-24-11-6-5-7-12-24/h5-14,17,20,26,30H,15-16,18-19,21-22H2,1-4H3,(H,34,36)(H,37,38). The Labute approximate surface area is 237 Å². The maximum absolute atomic E-state index is 13.5. The van der Waals surface area contributed by atoms with Crippen molar-refractivity contribution >= 4 is 23.6 Å². The fraction of sp³-hybridized carbons (Fsp3) is 0.394. The van der Waals surface area contributed by atoms with Crippen LogP contribution in [0.25, 0.3) is 11.1 Å². The molecule has 4 rings (SSSR count). The van der Waals surface area contributed by atoms with E-state index in [9.17, 15) is 14.7 Å². The van der Waals surface area contributed by atoms with Crippen molar-refractivity contribution in [1.29, 1.82) is 0 Å². The summed E-state index contributed by atoms with van der Waals surface area (Å²) in [5.74, 6) is -0.694. The van der Waals surface area contributed by atoms with Gasteiger partial charge < -0.3 is 10.4 Å². The summed E-state index contributed by atoms with van der Waals surface area (Å²) in [7, 11) is 0. The van der Waals surface area contributed by atoms with Gasteiger partial charge in [-0.15, -0.1) is 0 Å². The molecule has 0 saturated heterocycles. The first-order valence-electron chi connectivity index (χ1n) is 13.7. The molecule has 0 bridgehead atoms. The minimum absolute atomic E-state index is 0.0343. The summed E-state index contributed by atoms with van der Waals surface area (Å²) in [5.41, 5.74) is 5.85. The summed E-state index contributed by atoms with van der Waals surface area (Å²) in [6.07, 6.45) is 5.68. The summed E-state index contributed by atoms with van der Waals surface area (Å²) < 4.78 is 0. The lowest BCUT2D eigenvalue weighted by atomic mass is 9.90. The largest absolute Gasteiger partial charge is 0.480 e. The number of carbonyl (C=O) groups is 2. The predicted octanol–water partition coefficient (Wildman–Crippen LogP) is 6.58. The SMILES string of the molecule is CSCCC(NC(=O)c1ccc(CN(C2CC2)C(C)(C)Cc2ccccc2)cc1-c1ccccc1C)C(=O)O. The molecule has 0 radical (unpaired) electrons. The van der Waals surface area contributed by atoms with Crippen molar-refractivity contribution in [2.24, 2.45) is 0 Å². The zero-order valence-corrected chi connectivity index (χ0v) is 24.3. The van der Waals surface area contributed by atoms with E-state index < -0.39 is 12.0 Å². The third-order valence-electron chi connectivity index (χ3n) is 7.58. The molecule has 0 spiro atoms. The lowest BCUT2D eigenvalue weighted by molar-refractivity contribution is -0.139. The van der Waals surface area contributed by atoms with E-state index in [0.29, 0.717) is 23.8 Å². The van der Waals surface area contributed by atoms with Gasteiger partial charge in [0, 0.05) is 23.7 Å². The summed E-state index contributed by atoms with van der Waals surface area (Å²) in [5, 5.41) is 12.5. The van der Waals surface area contributed by atoms with Gasteiger partial charge in [0.2, 0.25) is 0 Å². The number of amides is 1. The zero-order valence-electron chi connectivity index (χ0n) is 23.4. The van der Waals surface area contributed by atoms with Crippen molar-refractivity contribution in [2.75, 3.05) is 12.0 Å². The fourth-order valence-electron chi connectivity index (χ4n) is 5.33. The van der Waals surface area contributed by atoms with Gasteiger partial charge in [-0.05, 0) is 98.4 Å². The van der Waals surface area contributed by atoms with E-state index in [1.54, 1.807) is 11.8 Å². The molecule has 1 aliphatic carbocycles. The van der Waals surface area contributed by atoms with Gasteiger partial charge in [-0.1, -0.05) is 60.7 Å². The van der Waals surface area contributed by atoms with E-state index in [2.05, 4.69) is 60.5 Å². The Morgan fingerprint density at radius 1 is 1.00 bits per heavy atom. The minimum Gasteiger partial charge on any atom is -0.480 e. The third-order valence-corrected chi connectivity index (χ3v) is 8.22. The molecule has 39 heavy (non-hydrogen) atoms. The Morgan fingerprint density at radius 3 is 2.33 bits per heavy atom. The van der Waals surface area contributed by atoms with E-state index in [1.807, 2.05) is 49.6 Å². The number of nitrogens with one attached hydrogen (secondary N) is 1. The quantitative estimate of drug-likeness (QED) is 0.254. The van der Waals surface area contributed by atoms with Crippen molar-refractivity contribution in [2.45, 2.75) is 70.6 Å². The highest BCUT2D eigenvalue weighted by molar-refractivity contribution is 7.98. The summed E-state index contributed by atoms with van der Waals surface area (Å²) in [6.45, 7) is 7.48. The maximum atomic E-state index is 13.5. The van der Waals surface area contributed by atoms with Crippen molar-refractivity contribution in [3.63, 3.8) is 0 Å². The molecular weight excluding hydrogens is 504 g/mol. The second-order valence-electron chi connectivity index (χ2n) is 11.2. The maximum Gasteiger partial charge on any atom is 0.326 e. The van der Waals surface area contributed by atoms with Crippen molar-refractivity contribution in [3.8, 4) is 11.1 Å². The number of hydrogen-bond donors (Lipinski definition) is 2. The average Bonchev–Trinajstić information content (AvgIpc) is 3.75. The van der Waals surface area contributed by atoms with Crippen molar-refractivity contribution in [1.82, 2.24) is 10.2 Å². The molecule has 206 valence electrons. The average molecular weight is 545 g/mol. The van der Waals surface area contributed by atoms with Crippen LogP contribution in [0.1, 0.15) is 60.2 Å². The second-order valence-corrected chi connectivity index (χ2v) is 12.2. The summed E-state index contributed by atoms with van der Waals surface area (Å²) >= 11 is 1.57. The molecule has 2 N–H and O–H groups in total. The van der Waals surface area contributed by atoms with Crippen molar-refractivity contribution < 1.29 is 14.7 Å². The molecule has 1 aliphatic rings. The number of hydrogen-bond acceptors (Lipinski definition) is 4. The number of thioether (sulfide) groups is 1. The Bertz CT molecular complexity index is 1290. The first kappa shape index (κ1) is 28.9. The number of carboxylic acids is 1. The number of rotatable bonds is 13. The van der Waals surface area contributed by atoms with Crippen LogP contribution < -0.4 is 5.32 Å². The van der Waals surface area contributed by atoms with E-state index in [1.165, 1.54) is 18.4 Å². The van der Waals surface area contributed by atoms with Gasteiger partial charge in [-0.3, -0.25) is 9.69 Å². The highest BCUT2D eigenvalue weighted by Crippen LogP contribution is 2.37. The van der Waals surface area contributed by atoms with Crippen molar-refractivity contribution in [3.05, 3.63) is 95.1 Å². The number of nitrogens with zero attached hydrogens (tertiary/aromatic N) is 1. The second kappa shape index (κ2) is 12.8. The van der Waals surface area contributed by atoms with Gasteiger partial charge in [-0.2, -0.15) is 11.8 Å². The zero-order chi connectivity index (χ0) is 28.0. The smallest absolute Gasteiger partial charge is 0.326 e. The van der Waals surface area contributed by atoms with Gasteiger partial charge in [0.15, 0.2) is 0 Å². The molecule has 1 unspecified atom stereocenters. The van der Waals surface area contributed by atoms with Crippen LogP contribution in [0.4, 0.5) is 0 Å². The van der Waals surface area contributed by atoms with E-state index in [4.69, 9.17) is 0 Å². The highest BCUT2D eigenvalue weighted by atomic mass is 32.2. The predicted molar refractivity (Wildman–Crippen MR) is 161 cm³/mol. The molecule has 3 aromatic carbocycles. The summed E-state index contributed by atoms with van der Waals surface area (Å²) in [6, 6.07) is 24.4. The normalized spacial score (nSPS) is 14.3. The van der Waals surface area contributed by atoms with Crippen LogP contribution >= 0.6 is 11.8 Å². The molecule has 1 fully saturated rings. The molecule has 1 saturated carbocycles. The lowest BCUT2D eigenvalue weighted by Crippen LogP contribution is -2.46. The van der Waals surface area contributed by atoms with Crippen LogP contribution in [-0.2, 0) is 17.8 Å².